The van der Waals surface area contributed by atoms with Crippen LogP contribution < -0.4 is 5.32 Å². The summed E-state index contributed by atoms with van der Waals surface area (Å²) in [6.45, 7) is 7.13. The van der Waals surface area contributed by atoms with Crippen LogP contribution in [0.25, 0.3) is 0 Å². The summed E-state index contributed by atoms with van der Waals surface area (Å²) in [6.07, 6.45) is 4.31. The van der Waals surface area contributed by atoms with Crippen LogP contribution in [0.4, 0.5) is 4.79 Å². The van der Waals surface area contributed by atoms with Gasteiger partial charge in [-0.15, -0.1) is 0 Å². The highest BCUT2D eigenvalue weighted by Crippen LogP contribution is 2.31. The molecule has 0 aromatic heterocycles. The molecule has 1 saturated heterocycles. The summed E-state index contributed by atoms with van der Waals surface area (Å²) in [5, 5.41) is 3.10. The number of carbonyl (C=O) groups is 1. The van der Waals surface area contributed by atoms with Crippen LogP contribution in [0.3, 0.4) is 0 Å². The predicted molar refractivity (Wildman–Crippen MR) is 95.5 cm³/mol. The van der Waals surface area contributed by atoms with Crippen LogP contribution >= 0.6 is 0 Å². The molecule has 1 atom stereocenters. The fraction of sp³-hybridized carbons (Fsp3) is 0.632. The van der Waals surface area contributed by atoms with E-state index in [9.17, 15) is 4.79 Å². The van der Waals surface area contributed by atoms with Crippen molar-refractivity contribution in [3.05, 3.63) is 35.9 Å². The molecule has 0 aliphatic carbocycles. The molecule has 1 fully saturated rings. The molecule has 0 saturated carbocycles. The van der Waals surface area contributed by atoms with Gasteiger partial charge in [-0.25, -0.2) is 4.79 Å². The van der Waals surface area contributed by atoms with E-state index < -0.39 is 0 Å². The number of nitrogens with zero attached hydrogens (tertiary/aromatic N) is 2. The normalized spacial score (nSPS) is 18.0. The minimum absolute atomic E-state index is 0.0913. The van der Waals surface area contributed by atoms with Crippen LogP contribution in [-0.2, 0) is 0 Å². The molecule has 128 valence electrons. The molecule has 1 aromatic carbocycles. The molecule has 0 radical (unpaired) electrons. The molecule has 23 heavy (non-hydrogen) atoms. The summed E-state index contributed by atoms with van der Waals surface area (Å²) < 4.78 is 0. The molecule has 1 heterocycles. The summed E-state index contributed by atoms with van der Waals surface area (Å²) in [4.78, 5) is 16.8. The van der Waals surface area contributed by atoms with E-state index in [4.69, 9.17) is 0 Å². The molecule has 4 heteroatoms. The first-order valence-corrected chi connectivity index (χ1v) is 8.89. The number of hydrogen-bond donors (Lipinski definition) is 1. The van der Waals surface area contributed by atoms with Crippen molar-refractivity contribution in [3.63, 3.8) is 0 Å². The quantitative estimate of drug-likeness (QED) is 0.779. The number of benzene rings is 1. The van der Waals surface area contributed by atoms with Gasteiger partial charge >= 0.3 is 6.03 Å². The third-order valence-electron chi connectivity index (χ3n) is 4.79. The lowest BCUT2D eigenvalue weighted by Gasteiger charge is -2.25. The fourth-order valence-electron chi connectivity index (χ4n) is 3.07. The van der Waals surface area contributed by atoms with Gasteiger partial charge in [-0.1, -0.05) is 30.3 Å². The highest BCUT2D eigenvalue weighted by atomic mass is 16.2. The zero-order valence-electron chi connectivity index (χ0n) is 14.8. The van der Waals surface area contributed by atoms with Crippen molar-refractivity contribution in [2.75, 3.05) is 26.7 Å². The standard InChI is InChI=1S/C19H31N3O/c1-16(2)21(3)14-8-7-13-20-19(23)22-15-9-12-18(22)17-10-5-4-6-11-17/h4-6,10-11,16,18H,7-9,12-15H2,1-3H3,(H,20,23). The number of urea groups is 1. The van der Waals surface area contributed by atoms with Gasteiger partial charge in [0.2, 0.25) is 0 Å². The molecule has 2 rings (SSSR count). The van der Waals surface area contributed by atoms with E-state index in [1.165, 1.54) is 5.56 Å². The van der Waals surface area contributed by atoms with E-state index in [2.05, 4.69) is 55.4 Å². The third kappa shape index (κ3) is 5.24. The van der Waals surface area contributed by atoms with Crippen molar-refractivity contribution in [2.45, 2.75) is 51.6 Å². The summed E-state index contributed by atoms with van der Waals surface area (Å²) in [7, 11) is 2.15. The van der Waals surface area contributed by atoms with Crippen molar-refractivity contribution in [1.29, 1.82) is 0 Å². The van der Waals surface area contributed by atoms with Crippen molar-refractivity contribution < 1.29 is 4.79 Å². The van der Waals surface area contributed by atoms with E-state index in [-0.39, 0.29) is 12.1 Å². The Balaban J connectivity index is 1.73. The zero-order chi connectivity index (χ0) is 16.7. The summed E-state index contributed by atoms with van der Waals surface area (Å²) in [5.41, 5.74) is 1.25. The van der Waals surface area contributed by atoms with Gasteiger partial charge in [-0.2, -0.15) is 0 Å². The first-order valence-electron chi connectivity index (χ1n) is 8.89. The molecule has 1 aromatic rings. The maximum absolute atomic E-state index is 12.4. The monoisotopic (exact) mass is 317 g/mol. The molecule has 1 aliphatic rings. The minimum atomic E-state index is 0.0913. The Labute approximate surface area is 140 Å². The van der Waals surface area contributed by atoms with Gasteiger partial charge in [-0.3, -0.25) is 0 Å². The van der Waals surface area contributed by atoms with E-state index in [1.54, 1.807) is 0 Å². The summed E-state index contributed by atoms with van der Waals surface area (Å²) in [5.74, 6) is 0. The lowest BCUT2D eigenvalue weighted by Crippen LogP contribution is -2.40. The van der Waals surface area contributed by atoms with Gasteiger partial charge in [0.15, 0.2) is 0 Å². The average Bonchev–Trinajstić information content (AvgIpc) is 3.04. The number of nitrogens with one attached hydrogen (secondary N) is 1. The van der Waals surface area contributed by atoms with Gasteiger partial charge < -0.3 is 15.1 Å². The third-order valence-corrected chi connectivity index (χ3v) is 4.79. The van der Waals surface area contributed by atoms with Crippen LogP contribution in [0.5, 0.6) is 0 Å². The molecular formula is C19H31N3O. The minimum Gasteiger partial charge on any atom is -0.338 e. The number of likely N-dealkylation sites (tertiary alicyclic amines) is 1. The van der Waals surface area contributed by atoms with Gasteiger partial charge in [0.25, 0.3) is 0 Å². The van der Waals surface area contributed by atoms with Crippen molar-refractivity contribution in [3.8, 4) is 0 Å². The predicted octanol–water partition coefficient (Wildman–Crippen LogP) is 3.65. The summed E-state index contributed by atoms with van der Waals surface area (Å²) >= 11 is 0. The van der Waals surface area contributed by atoms with Crippen LogP contribution in [-0.4, -0.2) is 48.6 Å². The van der Waals surface area contributed by atoms with Crippen LogP contribution in [0, 0.1) is 0 Å². The van der Waals surface area contributed by atoms with E-state index in [0.717, 1.165) is 45.3 Å². The van der Waals surface area contributed by atoms with Crippen molar-refractivity contribution >= 4 is 6.03 Å². The van der Waals surface area contributed by atoms with Crippen LogP contribution in [0.15, 0.2) is 30.3 Å². The lowest BCUT2D eigenvalue weighted by molar-refractivity contribution is 0.192. The Kier molecular flexibility index (Phi) is 6.90. The van der Waals surface area contributed by atoms with Gasteiger partial charge in [-0.05, 0) is 58.7 Å². The smallest absolute Gasteiger partial charge is 0.317 e. The van der Waals surface area contributed by atoms with Gasteiger partial charge in [0.05, 0.1) is 6.04 Å². The van der Waals surface area contributed by atoms with E-state index >= 15 is 0 Å². The molecule has 1 N–H and O–H groups in total. The SMILES string of the molecule is CC(C)N(C)CCCCNC(=O)N1CCCC1c1ccccc1. The Hall–Kier alpha value is -1.55. The first kappa shape index (κ1) is 17.8. The zero-order valence-corrected chi connectivity index (χ0v) is 14.8. The second-order valence-corrected chi connectivity index (χ2v) is 6.78. The maximum Gasteiger partial charge on any atom is 0.317 e. The Morgan fingerprint density at radius 1 is 1.30 bits per heavy atom. The number of amides is 2. The Morgan fingerprint density at radius 2 is 2.04 bits per heavy atom. The summed E-state index contributed by atoms with van der Waals surface area (Å²) in [6, 6.07) is 11.3. The fourth-order valence-corrected chi connectivity index (χ4v) is 3.07. The Bertz CT molecular complexity index is 475. The number of unbranched alkanes of at least 4 members (excludes halogenated alkanes) is 1. The maximum atomic E-state index is 12.4. The number of rotatable bonds is 7. The van der Waals surface area contributed by atoms with E-state index in [0.29, 0.717) is 6.04 Å². The molecule has 4 nitrogen and oxygen atoms in total. The average molecular weight is 317 g/mol. The van der Waals surface area contributed by atoms with E-state index in [1.807, 2.05) is 11.0 Å². The topological polar surface area (TPSA) is 35.6 Å². The van der Waals surface area contributed by atoms with Crippen molar-refractivity contribution in [1.82, 2.24) is 15.1 Å². The van der Waals surface area contributed by atoms with Crippen LogP contribution in [0.1, 0.15) is 51.1 Å². The highest BCUT2D eigenvalue weighted by molar-refractivity contribution is 5.75. The largest absolute Gasteiger partial charge is 0.338 e. The molecule has 0 bridgehead atoms. The lowest BCUT2D eigenvalue weighted by atomic mass is 10.1. The molecule has 1 unspecified atom stereocenters. The van der Waals surface area contributed by atoms with Gasteiger partial charge in [0, 0.05) is 19.1 Å². The highest BCUT2D eigenvalue weighted by Gasteiger charge is 2.29. The Morgan fingerprint density at radius 3 is 2.74 bits per heavy atom. The second-order valence-electron chi connectivity index (χ2n) is 6.78. The number of carbonyl (C=O) groups excluding carboxylic acids is 1. The molecule has 0 spiro atoms. The van der Waals surface area contributed by atoms with Crippen LogP contribution in [0.2, 0.25) is 0 Å². The number of hydrogen-bond acceptors (Lipinski definition) is 2. The van der Waals surface area contributed by atoms with Crippen molar-refractivity contribution in [2.24, 2.45) is 0 Å². The first-order chi connectivity index (χ1) is 11.1. The second kappa shape index (κ2) is 8.92. The van der Waals surface area contributed by atoms with Gasteiger partial charge in [0.1, 0.15) is 0 Å². The molecule has 1 aliphatic heterocycles. The molecular weight excluding hydrogens is 286 g/mol. The molecule has 2 amide bonds.